The van der Waals surface area contributed by atoms with Crippen molar-refractivity contribution in [3.05, 3.63) is 23.4 Å². The van der Waals surface area contributed by atoms with Crippen LogP contribution in [0.3, 0.4) is 0 Å². The molecule has 1 aromatic heterocycles. The normalized spacial score (nSPS) is 12.5. The summed E-state index contributed by atoms with van der Waals surface area (Å²) in [5.41, 5.74) is 2.19. The van der Waals surface area contributed by atoms with Gasteiger partial charge >= 0.3 is 0 Å². The highest BCUT2D eigenvalue weighted by Gasteiger charge is 2.12. The molecule has 0 saturated carbocycles. The van der Waals surface area contributed by atoms with Gasteiger partial charge in [0.05, 0.1) is 12.6 Å². The summed E-state index contributed by atoms with van der Waals surface area (Å²) in [7, 11) is 3.74. The summed E-state index contributed by atoms with van der Waals surface area (Å²) in [6.07, 6.45) is 0.921. The number of aromatic nitrogens is 1. The van der Waals surface area contributed by atoms with Gasteiger partial charge in [0, 0.05) is 25.7 Å². The standard InChI is InChI=1S/C13H21ClN2O/c1-5-12-6-11(8-14)7-13(15-12)16(3)10(2)9-17-4/h6-7,10H,5,8-9H2,1-4H3. The Bertz CT molecular complexity index is 335. The van der Waals surface area contributed by atoms with Gasteiger partial charge in [-0.3, -0.25) is 0 Å². The summed E-state index contributed by atoms with van der Waals surface area (Å²) >= 11 is 5.90. The first-order valence-corrected chi connectivity index (χ1v) is 6.43. The lowest BCUT2D eigenvalue weighted by Crippen LogP contribution is -2.33. The summed E-state index contributed by atoms with van der Waals surface area (Å²) in [5, 5.41) is 0. The van der Waals surface area contributed by atoms with Crippen LogP contribution >= 0.6 is 11.6 Å². The van der Waals surface area contributed by atoms with E-state index in [9.17, 15) is 0 Å². The van der Waals surface area contributed by atoms with Crippen LogP contribution in [0, 0.1) is 0 Å². The molecular formula is C13H21ClN2O. The van der Waals surface area contributed by atoms with E-state index in [1.165, 1.54) is 0 Å². The second-order valence-corrected chi connectivity index (χ2v) is 4.49. The largest absolute Gasteiger partial charge is 0.383 e. The number of hydrogen-bond acceptors (Lipinski definition) is 3. The van der Waals surface area contributed by atoms with Crippen molar-refractivity contribution in [2.45, 2.75) is 32.2 Å². The number of pyridine rings is 1. The van der Waals surface area contributed by atoms with Crippen LogP contribution in [0.1, 0.15) is 25.1 Å². The maximum atomic E-state index is 5.90. The van der Waals surface area contributed by atoms with Gasteiger partial charge in [0.2, 0.25) is 0 Å². The van der Waals surface area contributed by atoms with Crippen molar-refractivity contribution in [3.8, 4) is 0 Å². The van der Waals surface area contributed by atoms with Crippen LogP contribution < -0.4 is 4.90 Å². The molecule has 3 nitrogen and oxygen atoms in total. The number of likely N-dealkylation sites (N-methyl/N-ethyl adjacent to an activating group) is 1. The van der Waals surface area contributed by atoms with Crippen LogP contribution in [-0.4, -0.2) is 31.8 Å². The zero-order valence-electron chi connectivity index (χ0n) is 11.0. The third-order valence-corrected chi connectivity index (χ3v) is 3.18. The maximum Gasteiger partial charge on any atom is 0.129 e. The van der Waals surface area contributed by atoms with E-state index < -0.39 is 0 Å². The zero-order chi connectivity index (χ0) is 12.8. The SMILES string of the molecule is CCc1cc(CCl)cc(N(C)C(C)COC)n1. The molecule has 0 aliphatic heterocycles. The first kappa shape index (κ1) is 14.3. The highest BCUT2D eigenvalue weighted by atomic mass is 35.5. The lowest BCUT2D eigenvalue weighted by atomic mass is 10.2. The molecule has 0 amide bonds. The average molecular weight is 257 g/mol. The van der Waals surface area contributed by atoms with Gasteiger partial charge in [-0.1, -0.05) is 6.92 Å². The topological polar surface area (TPSA) is 25.4 Å². The molecule has 0 fully saturated rings. The van der Waals surface area contributed by atoms with Gasteiger partial charge in [0.15, 0.2) is 0 Å². The summed E-state index contributed by atoms with van der Waals surface area (Å²) in [6, 6.07) is 4.40. The van der Waals surface area contributed by atoms with Gasteiger partial charge in [-0.05, 0) is 31.0 Å². The van der Waals surface area contributed by atoms with Gasteiger partial charge in [0.1, 0.15) is 5.82 Å². The van der Waals surface area contributed by atoms with Crippen LogP contribution in [-0.2, 0) is 17.0 Å². The Morgan fingerprint density at radius 2 is 2.18 bits per heavy atom. The van der Waals surface area contributed by atoms with E-state index in [-0.39, 0.29) is 0 Å². The Balaban J connectivity index is 2.95. The molecule has 0 radical (unpaired) electrons. The summed E-state index contributed by atoms with van der Waals surface area (Å²) in [6.45, 7) is 4.90. The van der Waals surface area contributed by atoms with Crippen molar-refractivity contribution in [1.29, 1.82) is 0 Å². The predicted molar refractivity (Wildman–Crippen MR) is 72.9 cm³/mol. The molecule has 0 spiro atoms. The summed E-state index contributed by atoms with van der Waals surface area (Å²) in [4.78, 5) is 6.74. The monoisotopic (exact) mass is 256 g/mol. The number of nitrogens with zero attached hydrogens (tertiary/aromatic N) is 2. The van der Waals surface area contributed by atoms with Crippen LogP contribution in [0.4, 0.5) is 5.82 Å². The van der Waals surface area contributed by atoms with E-state index in [2.05, 4.69) is 29.8 Å². The van der Waals surface area contributed by atoms with Gasteiger partial charge < -0.3 is 9.64 Å². The van der Waals surface area contributed by atoms with E-state index in [0.717, 1.165) is 23.5 Å². The molecule has 1 unspecified atom stereocenters. The van der Waals surface area contributed by atoms with Crippen LogP contribution in [0.25, 0.3) is 0 Å². The fraction of sp³-hybridized carbons (Fsp3) is 0.615. The van der Waals surface area contributed by atoms with Gasteiger partial charge in [0.25, 0.3) is 0 Å². The molecule has 1 rings (SSSR count). The number of hydrogen-bond donors (Lipinski definition) is 0. The molecule has 4 heteroatoms. The quantitative estimate of drug-likeness (QED) is 0.732. The lowest BCUT2D eigenvalue weighted by Gasteiger charge is -2.26. The highest BCUT2D eigenvalue weighted by Crippen LogP contribution is 2.18. The molecule has 1 heterocycles. The van der Waals surface area contributed by atoms with Crippen molar-refractivity contribution in [1.82, 2.24) is 4.98 Å². The number of rotatable bonds is 6. The van der Waals surface area contributed by atoms with Crippen molar-refractivity contribution < 1.29 is 4.74 Å². The van der Waals surface area contributed by atoms with Crippen molar-refractivity contribution in [2.24, 2.45) is 0 Å². The first-order valence-electron chi connectivity index (χ1n) is 5.89. The fourth-order valence-electron chi connectivity index (χ4n) is 1.65. The molecule has 1 aromatic rings. The van der Waals surface area contributed by atoms with E-state index in [1.54, 1.807) is 7.11 Å². The molecule has 1 atom stereocenters. The average Bonchev–Trinajstić information content (AvgIpc) is 2.37. The Kier molecular flexibility index (Phi) is 5.72. The fourth-order valence-corrected chi connectivity index (χ4v) is 1.81. The van der Waals surface area contributed by atoms with Crippen LogP contribution in [0.5, 0.6) is 0 Å². The summed E-state index contributed by atoms with van der Waals surface area (Å²) < 4.78 is 5.16. The number of alkyl halides is 1. The Labute approximate surface area is 109 Å². The van der Waals surface area contributed by atoms with E-state index >= 15 is 0 Å². The van der Waals surface area contributed by atoms with Crippen LogP contribution in [0.15, 0.2) is 12.1 Å². The molecule has 0 N–H and O–H groups in total. The number of anilines is 1. The van der Waals surface area contributed by atoms with Crippen molar-refractivity contribution in [2.75, 3.05) is 25.7 Å². The minimum atomic E-state index is 0.294. The van der Waals surface area contributed by atoms with E-state index in [0.29, 0.717) is 18.5 Å². The van der Waals surface area contributed by atoms with Gasteiger partial charge in [-0.15, -0.1) is 11.6 Å². The number of halogens is 1. The Morgan fingerprint density at radius 3 is 2.71 bits per heavy atom. The summed E-state index contributed by atoms with van der Waals surface area (Å²) in [5.74, 6) is 1.49. The van der Waals surface area contributed by atoms with E-state index in [4.69, 9.17) is 16.3 Å². The molecule has 0 aliphatic carbocycles. The number of methoxy groups -OCH3 is 1. The van der Waals surface area contributed by atoms with Gasteiger partial charge in [-0.25, -0.2) is 4.98 Å². The third-order valence-electron chi connectivity index (χ3n) is 2.87. The van der Waals surface area contributed by atoms with Crippen molar-refractivity contribution >= 4 is 17.4 Å². The zero-order valence-corrected chi connectivity index (χ0v) is 11.8. The van der Waals surface area contributed by atoms with Gasteiger partial charge in [-0.2, -0.15) is 0 Å². The first-order chi connectivity index (χ1) is 8.12. The second kappa shape index (κ2) is 6.82. The predicted octanol–water partition coefficient (Wildman–Crippen LogP) is 2.85. The van der Waals surface area contributed by atoms with Crippen molar-refractivity contribution in [3.63, 3.8) is 0 Å². The molecular weight excluding hydrogens is 236 g/mol. The minimum Gasteiger partial charge on any atom is -0.383 e. The highest BCUT2D eigenvalue weighted by molar-refractivity contribution is 6.17. The Morgan fingerprint density at radius 1 is 1.47 bits per heavy atom. The molecule has 96 valence electrons. The minimum absolute atomic E-state index is 0.294. The number of aryl methyl sites for hydroxylation is 1. The molecule has 17 heavy (non-hydrogen) atoms. The molecule has 0 aliphatic rings. The third kappa shape index (κ3) is 3.86. The maximum absolute atomic E-state index is 5.90. The molecule has 0 bridgehead atoms. The smallest absolute Gasteiger partial charge is 0.129 e. The second-order valence-electron chi connectivity index (χ2n) is 4.23. The van der Waals surface area contributed by atoms with Crippen LogP contribution in [0.2, 0.25) is 0 Å². The van der Waals surface area contributed by atoms with E-state index in [1.807, 2.05) is 13.1 Å². The molecule has 0 aromatic carbocycles. The Hall–Kier alpha value is -0.800. The number of ether oxygens (including phenoxy) is 1. The lowest BCUT2D eigenvalue weighted by molar-refractivity contribution is 0.183. The molecule has 0 saturated heterocycles.